The Morgan fingerprint density at radius 3 is 2.57 bits per heavy atom. The van der Waals surface area contributed by atoms with Crippen molar-refractivity contribution in [1.29, 1.82) is 0 Å². The Balaban J connectivity index is 2.69. The zero-order valence-corrected chi connectivity index (χ0v) is 8.33. The van der Waals surface area contributed by atoms with Crippen LogP contribution < -0.4 is 5.32 Å². The molecule has 0 saturated carbocycles. The van der Waals surface area contributed by atoms with E-state index in [2.05, 4.69) is 5.32 Å². The molecule has 0 spiro atoms. The van der Waals surface area contributed by atoms with E-state index in [1.54, 1.807) is 0 Å². The zero-order valence-electron chi connectivity index (χ0n) is 7.51. The molecule has 14 heavy (non-hydrogen) atoms. The molecule has 82 valence electrons. The Hall–Kier alpha value is -0.660. The second-order valence-electron chi connectivity index (χ2n) is 3.45. The zero-order chi connectivity index (χ0) is 10.8. The number of carboxylic acids is 1. The highest BCUT2D eigenvalue weighted by Gasteiger charge is 2.33. The Kier molecular flexibility index (Phi) is 3.46. The first-order valence-electron chi connectivity index (χ1n) is 4.29. The maximum absolute atomic E-state index is 10.8. The predicted molar refractivity (Wildman–Crippen MR) is 48.5 cm³/mol. The van der Waals surface area contributed by atoms with Crippen molar-refractivity contribution in [2.45, 2.75) is 6.42 Å². The molecule has 0 aromatic rings. The predicted octanol–water partition coefficient (Wildman–Crippen LogP) is -0.815. The summed E-state index contributed by atoms with van der Waals surface area (Å²) in [6, 6.07) is 0. The molecular formula is C7H13NO5S. The monoisotopic (exact) mass is 223 g/mol. The third-order valence-corrected chi connectivity index (χ3v) is 3.16. The number of hydrogen-bond donors (Lipinski definition) is 3. The van der Waals surface area contributed by atoms with Crippen LogP contribution in [-0.4, -0.2) is 42.9 Å². The maximum atomic E-state index is 10.8. The first-order valence-corrected chi connectivity index (χ1v) is 5.90. The molecule has 3 N–H and O–H groups in total. The van der Waals surface area contributed by atoms with E-state index < -0.39 is 27.8 Å². The van der Waals surface area contributed by atoms with E-state index in [0.29, 0.717) is 19.5 Å². The van der Waals surface area contributed by atoms with E-state index in [-0.39, 0.29) is 5.92 Å². The smallest absolute Gasteiger partial charge is 0.307 e. The first kappa shape index (κ1) is 11.4. The summed E-state index contributed by atoms with van der Waals surface area (Å²) in [6.07, 6.45) is 0.631. The molecule has 2 unspecified atom stereocenters. The van der Waals surface area contributed by atoms with Crippen molar-refractivity contribution >= 4 is 16.1 Å². The molecule has 1 heterocycles. The van der Waals surface area contributed by atoms with E-state index in [1.807, 2.05) is 0 Å². The van der Waals surface area contributed by atoms with Gasteiger partial charge >= 0.3 is 5.97 Å². The summed E-state index contributed by atoms with van der Waals surface area (Å²) in [5.41, 5.74) is 0. The summed E-state index contributed by atoms with van der Waals surface area (Å²) in [7, 11) is -4.21. The van der Waals surface area contributed by atoms with Gasteiger partial charge in [0.25, 0.3) is 10.1 Å². The molecule has 0 aromatic carbocycles. The second kappa shape index (κ2) is 4.24. The molecule has 1 aliphatic heterocycles. The fourth-order valence-corrected chi connectivity index (χ4v) is 2.52. The quantitative estimate of drug-likeness (QED) is 0.538. The number of rotatable bonds is 4. The Morgan fingerprint density at radius 1 is 1.57 bits per heavy atom. The van der Waals surface area contributed by atoms with Crippen LogP contribution in [0, 0.1) is 11.8 Å². The van der Waals surface area contributed by atoms with Gasteiger partial charge in [-0.25, -0.2) is 0 Å². The number of nitrogens with one attached hydrogen (secondary N) is 1. The molecule has 1 saturated heterocycles. The fraction of sp³-hybridized carbons (Fsp3) is 0.857. The Morgan fingerprint density at radius 2 is 2.21 bits per heavy atom. The molecule has 1 rings (SSSR count). The largest absolute Gasteiger partial charge is 0.481 e. The van der Waals surface area contributed by atoms with Crippen LogP contribution in [0.25, 0.3) is 0 Å². The Labute approximate surface area is 82.1 Å². The molecule has 1 fully saturated rings. The van der Waals surface area contributed by atoms with E-state index in [9.17, 15) is 13.2 Å². The summed E-state index contributed by atoms with van der Waals surface area (Å²) in [5.74, 6) is -3.10. The van der Waals surface area contributed by atoms with Crippen LogP contribution in [0.5, 0.6) is 0 Å². The van der Waals surface area contributed by atoms with E-state index >= 15 is 0 Å². The van der Waals surface area contributed by atoms with Crippen LogP contribution >= 0.6 is 0 Å². The fourth-order valence-electron chi connectivity index (χ4n) is 1.66. The topological polar surface area (TPSA) is 104 Å². The highest BCUT2D eigenvalue weighted by atomic mass is 32.2. The van der Waals surface area contributed by atoms with Crippen LogP contribution in [-0.2, 0) is 14.9 Å². The van der Waals surface area contributed by atoms with Gasteiger partial charge in [-0.15, -0.1) is 0 Å². The van der Waals surface area contributed by atoms with Crippen molar-refractivity contribution in [3.05, 3.63) is 0 Å². The van der Waals surface area contributed by atoms with Gasteiger partial charge in [0.15, 0.2) is 0 Å². The van der Waals surface area contributed by atoms with Gasteiger partial charge in [0, 0.05) is 0 Å². The number of hydrogen-bond acceptors (Lipinski definition) is 4. The van der Waals surface area contributed by atoms with Gasteiger partial charge in [-0.05, 0) is 25.4 Å². The van der Waals surface area contributed by atoms with Crippen molar-refractivity contribution < 1.29 is 22.9 Å². The van der Waals surface area contributed by atoms with E-state index in [0.717, 1.165) is 0 Å². The highest BCUT2D eigenvalue weighted by molar-refractivity contribution is 7.85. The standard InChI is InChI=1S/C7H13NO5S/c9-7(10)6(4-14(11,12)13)5-1-2-8-3-5/h5-6,8H,1-4H2,(H,9,10)(H,11,12,13). The van der Waals surface area contributed by atoms with Gasteiger partial charge in [0.2, 0.25) is 0 Å². The first-order chi connectivity index (χ1) is 6.40. The molecule has 6 nitrogen and oxygen atoms in total. The molecule has 0 aliphatic carbocycles. The normalized spacial score (nSPS) is 24.8. The third kappa shape index (κ3) is 3.24. The van der Waals surface area contributed by atoms with Gasteiger partial charge in [-0.1, -0.05) is 0 Å². The average Bonchev–Trinajstić information content (AvgIpc) is 2.49. The van der Waals surface area contributed by atoms with Crippen molar-refractivity contribution in [3.63, 3.8) is 0 Å². The lowest BCUT2D eigenvalue weighted by Gasteiger charge is -2.16. The molecule has 0 radical (unpaired) electrons. The summed E-state index contributed by atoms with van der Waals surface area (Å²) in [6.45, 7) is 1.19. The van der Waals surface area contributed by atoms with Crippen LogP contribution in [0.1, 0.15) is 6.42 Å². The van der Waals surface area contributed by atoms with Crippen molar-refractivity contribution in [1.82, 2.24) is 5.32 Å². The molecule has 2 atom stereocenters. The molecule has 1 aliphatic rings. The minimum Gasteiger partial charge on any atom is -0.481 e. The van der Waals surface area contributed by atoms with Crippen molar-refractivity contribution in [2.75, 3.05) is 18.8 Å². The summed E-state index contributed by atoms with van der Waals surface area (Å²) >= 11 is 0. The van der Waals surface area contributed by atoms with Crippen LogP contribution in [0.4, 0.5) is 0 Å². The van der Waals surface area contributed by atoms with Crippen LogP contribution in [0.2, 0.25) is 0 Å². The van der Waals surface area contributed by atoms with Crippen LogP contribution in [0.15, 0.2) is 0 Å². The third-order valence-electron chi connectivity index (χ3n) is 2.37. The van der Waals surface area contributed by atoms with Crippen molar-refractivity contribution in [2.24, 2.45) is 11.8 Å². The summed E-state index contributed by atoms with van der Waals surface area (Å²) in [4.78, 5) is 10.8. The van der Waals surface area contributed by atoms with E-state index in [1.165, 1.54) is 0 Å². The molecule has 0 amide bonds. The number of carbonyl (C=O) groups is 1. The van der Waals surface area contributed by atoms with E-state index in [4.69, 9.17) is 9.66 Å². The van der Waals surface area contributed by atoms with Gasteiger partial charge < -0.3 is 10.4 Å². The lowest BCUT2D eigenvalue weighted by molar-refractivity contribution is -0.142. The lowest BCUT2D eigenvalue weighted by atomic mass is 9.93. The number of carboxylic acid groups (broad SMARTS) is 1. The number of aliphatic carboxylic acids is 1. The Bertz CT molecular complexity index is 306. The lowest BCUT2D eigenvalue weighted by Crippen LogP contribution is -2.31. The second-order valence-corrected chi connectivity index (χ2v) is 4.94. The molecule has 0 aromatic heterocycles. The summed E-state index contributed by atoms with van der Waals surface area (Å²) in [5, 5.41) is 11.7. The van der Waals surface area contributed by atoms with Gasteiger partial charge in [0.1, 0.15) is 0 Å². The minimum atomic E-state index is -4.21. The maximum Gasteiger partial charge on any atom is 0.307 e. The molecular weight excluding hydrogens is 210 g/mol. The van der Waals surface area contributed by atoms with Crippen LogP contribution in [0.3, 0.4) is 0 Å². The SMILES string of the molecule is O=C(O)C(CS(=O)(=O)O)C1CCNC1. The van der Waals surface area contributed by atoms with Gasteiger partial charge in [0.05, 0.1) is 11.7 Å². The minimum absolute atomic E-state index is 0.213. The van der Waals surface area contributed by atoms with Crippen molar-refractivity contribution in [3.8, 4) is 0 Å². The molecule has 0 bridgehead atoms. The highest BCUT2D eigenvalue weighted by Crippen LogP contribution is 2.20. The molecule has 7 heteroatoms. The summed E-state index contributed by atoms with van der Waals surface area (Å²) < 4.78 is 29.7. The van der Waals surface area contributed by atoms with Gasteiger partial charge in [-0.3, -0.25) is 9.35 Å². The average molecular weight is 223 g/mol. The van der Waals surface area contributed by atoms with Gasteiger partial charge in [-0.2, -0.15) is 8.42 Å².